The van der Waals surface area contributed by atoms with Crippen molar-refractivity contribution in [3.63, 3.8) is 0 Å². The van der Waals surface area contributed by atoms with Gasteiger partial charge in [0.05, 0.1) is 18.9 Å². The Kier molecular flexibility index (Phi) is 3.71. The van der Waals surface area contributed by atoms with Gasteiger partial charge in [-0.3, -0.25) is 9.59 Å². The average molecular weight is 345 g/mol. The zero-order valence-corrected chi connectivity index (χ0v) is 13.5. The fourth-order valence-corrected chi connectivity index (χ4v) is 3.55. The molecule has 0 bridgehead atoms. The maximum Gasteiger partial charge on any atom is 0.314 e. The number of halogens is 1. The highest BCUT2D eigenvalue weighted by Crippen LogP contribution is 2.49. The first kappa shape index (κ1) is 15.7. The molecule has 2 aliphatic rings. The molecule has 2 aliphatic heterocycles. The van der Waals surface area contributed by atoms with Gasteiger partial charge in [-0.05, 0) is 25.1 Å². The second-order valence-electron chi connectivity index (χ2n) is 5.98. The first-order valence-electron chi connectivity index (χ1n) is 8.08. The number of likely N-dealkylation sites (tertiary alicyclic amines) is 1. The van der Waals surface area contributed by atoms with Crippen LogP contribution in [0.3, 0.4) is 0 Å². The molecule has 0 radical (unpaired) electrons. The molecule has 1 saturated heterocycles. The van der Waals surface area contributed by atoms with E-state index in [0.29, 0.717) is 5.56 Å². The predicted octanol–water partition coefficient (Wildman–Crippen LogP) is 2.56. The molecule has 1 fully saturated rings. The van der Waals surface area contributed by atoms with Gasteiger partial charge in [-0.2, -0.15) is 0 Å². The molecule has 0 saturated carbocycles. The number of fused-ring (bicyclic) bond motifs is 3. The van der Waals surface area contributed by atoms with Gasteiger partial charge >= 0.3 is 5.97 Å². The highest BCUT2D eigenvalue weighted by atomic mass is 19.1. The number of amides is 1. The normalized spacial score (nSPS) is 23.8. The molecule has 130 valence electrons. The molecule has 2 aromatic rings. The third kappa shape index (κ3) is 2.38. The molecule has 1 aromatic heterocycles. The van der Waals surface area contributed by atoms with Crippen molar-refractivity contribution in [2.75, 3.05) is 13.2 Å². The number of ether oxygens (including phenoxy) is 2. The third-order valence-corrected chi connectivity index (χ3v) is 4.59. The Morgan fingerprint density at radius 3 is 2.88 bits per heavy atom. The lowest BCUT2D eigenvalue weighted by Gasteiger charge is -2.21. The van der Waals surface area contributed by atoms with Gasteiger partial charge in [0.25, 0.3) is 5.91 Å². The Bertz CT molecular complexity index is 819. The van der Waals surface area contributed by atoms with E-state index in [1.165, 1.54) is 17.2 Å². The smallest absolute Gasteiger partial charge is 0.314 e. The molecule has 0 aliphatic carbocycles. The van der Waals surface area contributed by atoms with Gasteiger partial charge in [0, 0.05) is 12.1 Å². The fraction of sp³-hybridized carbons (Fsp3) is 0.333. The molecular weight excluding hydrogens is 329 g/mol. The molecule has 0 unspecified atom stereocenters. The van der Waals surface area contributed by atoms with Crippen LogP contribution < -0.4 is 4.74 Å². The van der Waals surface area contributed by atoms with E-state index >= 15 is 0 Å². The second-order valence-corrected chi connectivity index (χ2v) is 5.98. The molecule has 1 amide bonds. The van der Waals surface area contributed by atoms with E-state index < -0.39 is 29.9 Å². The lowest BCUT2D eigenvalue weighted by molar-refractivity contribution is -0.149. The molecule has 0 N–H and O–H groups in total. The summed E-state index contributed by atoms with van der Waals surface area (Å²) in [5.74, 6) is -1.78. The highest BCUT2D eigenvalue weighted by molar-refractivity contribution is 5.93. The van der Waals surface area contributed by atoms with Crippen molar-refractivity contribution in [2.24, 2.45) is 5.92 Å². The lowest BCUT2D eigenvalue weighted by atomic mass is 9.98. The first-order chi connectivity index (χ1) is 12.1. The van der Waals surface area contributed by atoms with Crippen LogP contribution in [0.15, 0.2) is 41.0 Å². The summed E-state index contributed by atoms with van der Waals surface area (Å²) in [6.07, 6.45) is 0.729. The second kappa shape index (κ2) is 5.91. The zero-order chi connectivity index (χ0) is 17.6. The Labute approximate surface area is 143 Å². The number of carbonyl (C=O) groups excluding carboxylic acids is 2. The fourth-order valence-electron chi connectivity index (χ4n) is 3.55. The van der Waals surface area contributed by atoms with Gasteiger partial charge < -0.3 is 18.8 Å². The van der Waals surface area contributed by atoms with Gasteiger partial charge in [-0.1, -0.05) is 12.1 Å². The molecule has 3 atom stereocenters. The number of hydrogen-bond donors (Lipinski definition) is 0. The largest absolute Gasteiger partial charge is 0.483 e. The Morgan fingerprint density at radius 2 is 2.16 bits per heavy atom. The van der Waals surface area contributed by atoms with E-state index in [1.807, 2.05) is 0 Å². The standard InChI is InChI=1S/C18H16FNO5/c1-2-23-18(22)11-9-20(17(21)13-7-4-8-24-13)14-10-5-3-6-12(19)15(10)25-16(11)14/h3-8,11,14,16H,2,9H2,1H3/t11-,14+,16+/m1/s1. The van der Waals surface area contributed by atoms with Gasteiger partial charge in [0.1, 0.15) is 12.0 Å². The van der Waals surface area contributed by atoms with Crippen LogP contribution in [0.25, 0.3) is 0 Å². The van der Waals surface area contributed by atoms with Crippen LogP contribution in [0.1, 0.15) is 29.1 Å². The van der Waals surface area contributed by atoms with Crippen molar-refractivity contribution in [1.82, 2.24) is 4.90 Å². The number of carbonyl (C=O) groups is 2. The summed E-state index contributed by atoms with van der Waals surface area (Å²) in [5, 5.41) is 0. The van der Waals surface area contributed by atoms with Crippen LogP contribution in [0.2, 0.25) is 0 Å². The van der Waals surface area contributed by atoms with Crippen molar-refractivity contribution >= 4 is 11.9 Å². The number of nitrogens with zero attached hydrogens (tertiary/aromatic N) is 1. The van der Waals surface area contributed by atoms with Crippen molar-refractivity contribution in [3.8, 4) is 5.75 Å². The number of furan rings is 1. The molecular formula is C18H16FNO5. The summed E-state index contributed by atoms with van der Waals surface area (Å²) in [7, 11) is 0. The van der Waals surface area contributed by atoms with Crippen LogP contribution in [-0.4, -0.2) is 36.0 Å². The van der Waals surface area contributed by atoms with E-state index in [0.717, 1.165) is 0 Å². The lowest BCUT2D eigenvalue weighted by Crippen LogP contribution is -2.32. The summed E-state index contributed by atoms with van der Waals surface area (Å²) >= 11 is 0. The van der Waals surface area contributed by atoms with E-state index in [4.69, 9.17) is 13.9 Å². The minimum atomic E-state index is -0.685. The highest BCUT2D eigenvalue weighted by Gasteiger charge is 2.55. The summed E-state index contributed by atoms with van der Waals surface area (Å²) < 4.78 is 30.1. The summed E-state index contributed by atoms with van der Waals surface area (Å²) in [6, 6.07) is 7.17. The van der Waals surface area contributed by atoms with Crippen LogP contribution in [0.4, 0.5) is 4.39 Å². The van der Waals surface area contributed by atoms with Crippen LogP contribution in [-0.2, 0) is 9.53 Å². The predicted molar refractivity (Wildman–Crippen MR) is 83.4 cm³/mol. The Balaban J connectivity index is 1.74. The van der Waals surface area contributed by atoms with Crippen molar-refractivity contribution < 1.29 is 27.9 Å². The maximum absolute atomic E-state index is 14.1. The summed E-state index contributed by atoms with van der Waals surface area (Å²) in [4.78, 5) is 26.6. The summed E-state index contributed by atoms with van der Waals surface area (Å²) in [5.41, 5.74) is 0.553. The third-order valence-electron chi connectivity index (χ3n) is 4.59. The van der Waals surface area contributed by atoms with Crippen molar-refractivity contribution in [3.05, 3.63) is 53.7 Å². The molecule has 7 heteroatoms. The number of para-hydroxylation sites is 1. The molecule has 1 aromatic carbocycles. The van der Waals surface area contributed by atoms with E-state index in [1.54, 1.807) is 31.2 Å². The van der Waals surface area contributed by atoms with Gasteiger partial charge in [-0.15, -0.1) is 0 Å². The summed E-state index contributed by atoms with van der Waals surface area (Å²) in [6.45, 7) is 2.06. The number of rotatable bonds is 3. The average Bonchev–Trinajstić information content (AvgIpc) is 3.31. The molecule has 25 heavy (non-hydrogen) atoms. The van der Waals surface area contributed by atoms with Crippen LogP contribution in [0.5, 0.6) is 5.75 Å². The topological polar surface area (TPSA) is 69.0 Å². The molecule has 3 heterocycles. The minimum absolute atomic E-state index is 0.0868. The van der Waals surface area contributed by atoms with E-state index in [-0.39, 0.29) is 30.6 Å². The SMILES string of the molecule is CCOC(=O)[C@@H]1CN(C(=O)c2ccco2)[C@H]2c3cccc(F)c3O[C@@H]12. The minimum Gasteiger partial charge on any atom is -0.483 e. The maximum atomic E-state index is 14.1. The molecule has 4 rings (SSSR count). The number of benzene rings is 1. The first-order valence-corrected chi connectivity index (χ1v) is 8.08. The molecule has 6 nitrogen and oxygen atoms in total. The van der Waals surface area contributed by atoms with E-state index in [2.05, 4.69) is 0 Å². The monoisotopic (exact) mass is 345 g/mol. The zero-order valence-electron chi connectivity index (χ0n) is 13.5. The van der Waals surface area contributed by atoms with Gasteiger partial charge in [0.15, 0.2) is 17.3 Å². The molecule has 0 spiro atoms. The number of hydrogen-bond acceptors (Lipinski definition) is 5. The number of esters is 1. The quantitative estimate of drug-likeness (QED) is 0.800. The van der Waals surface area contributed by atoms with E-state index in [9.17, 15) is 14.0 Å². The van der Waals surface area contributed by atoms with Crippen LogP contribution in [0, 0.1) is 11.7 Å². The van der Waals surface area contributed by atoms with Gasteiger partial charge in [-0.25, -0.2) is 4.39 Å². The Morgan fingerprint density at radius 1 is 1.32 bits per heavy atom. The van der Waals surface area contributed by atoms with Gasteiger partial charge in [0.2, 0.25) is 0 Å². The van der Waals surface area contributed by atoms with Crippen molar-refractivity contribution in [1.29, 1.82) is 0 Å². The Hall–Kier alpha value is -2.83. The van der Waals surface area contributed by atoms with Crippen LogP contribution >= 0.6 is 0 Å². The van der Waals surface area contributed by atoms with Crippen molar-refractivity contribution in [2.45, 2.75) is 19.1 Å².